The van der Waals surface area contributed by atoms with Crippen molar-refractivity contribution in [1.29, 1.82) is 5.41 Å². The van der Waals surface area contributed by atoms with E-state index in [0.29, 0.717) is 11.1 Å². The molecule has 0 aliphatic heterocycles. The number of rotatable bonds is 47. The van der Waals surface area contributed by atoms with Crippen molar-refractivity contribution in [2.75, 3.05) is 45.1 Å². The van der Waals surface area contributed by atoms with Crippen molar-refractivity contribution >= 4 is 114 Å². The van der Waals surface area contributed by atoms with E-state index >= 15 is 0 Å². The van der Waals surface area contributed by atoms with Crippen molar-refractivity contribution in [3.8, 4) is 11.5 Å². The maximum absolute atomic E-state index is 14.3. The zero-order chi connectivity index (χ0) is 77.8. The van der Waals surface area contributed by atoms with Gasteiger partial charge >= 0.3 is 12.0 Å². The number of carbonyl (C=O) groups is 14. The Morgan fingerprint density at radius 1 is 0.485 bits per heavy atom. The molecule has 2 aromatic rings. The number of phenols is 2. The second-order valence-electron chi connectivity index (χ2n) is 24.2. The first-order chi connectivity index (χ1) is 48.4. The lowest BCUT2D eigenvalue weighted by atomic mass is 9.99. The van der Waals surface area contributed by atoms with E-state index in [-0.39, 0.29) is 102 Å². The van der Waals surface area contributed by atoms with Crippen LogP contribution in [0, 0.1) is 5.41 Å². The van der Waals surface area contributed by atoms with Crippen LogP contribution in [-0.2, 0) is 75.2 Å². The van der Waals surface area contributed by atoms with E-state index in [1.807, 2.05) is 0 Å². The van der Waals surface area contributed by atoms with Crippen LogP contribution in [0.4, 0.5) is 4.79 Å². The second kappa shape index (κ2) is 45.2. The molecule has 13 atom stereocenters. The molecular weight excluding hydrogens is 1390 g/mol. The lowest BCUT2D eigenvalue weighted by Gasteiger charge is -2.32. The third-order valence-electron chi connectivity index (χ3n) is 15.2. The Balaban J connectivity index is 2.38. The predicted molar refractivity (Wildman–Crippen MR) is 377 cm³/mol. The Bertz CT molecular complexity index is 3230. The Labute approximate surface area is 603 Å². The molecule has 0 aliphatic carbocycles. The number of carbonyl (C=O) groups excluding carboxylic acids is 13. The van der Waals surface area contributed by atoms with Gasteiger partial charge in [0, 0.05) is 30.0 Å². The zero-order valence-corrected chi connectivity index (χ0v) is 58.8. The molecule has 14 amide bonds. The average molecular weight is 1490 g/mol. The summed E-state index contributed by atoms with van der Waals surface area (Å²) in [6, 6.07) is -9.30. The summed E-state index contributed by atoms with van der Waals surface area (Å²) in [6.45, 7) is 1.87. The van der Waals surface area contributed by atoms with E-state index in [1.165, 1.54) is 62.4 Å². The largest absolute Gasteiger partial charge is 0.508 e. The standard InChI is InChI=1S/C61H99N21O19S2/c1-29(84)45(81-52(93)39(18-21-64)74-48(89)35(6-4-22-70-59(67)68)73-53(94)40(26-44(66)87)77-57(98)46(61(2,3)103)82-47(88)34(65)24-30-8-12-32(85)13-9-30)56(97)76-38(17-20-63)50(91)72-36(7-5-23-71-60(69)101)49(90)80-43(28-102)55(96)75-37(16-19-62)51(92)79-42(27-83)54(95)78-41(58(99)100)25-31-10-14-33(86)15-11-31/h8-15,29,34-43,45-46,83-86,102-103H,4-7,16-28,62-65H2,1-3H3,(H2,66,87)(H,72,91)(H,73,94)(H,74,89)(H,75,96)(H,76,97)(H,77,98)(H,78,95)(H,79,92)(H,80,90)(H,81,93)(H,82,88)(H,99,100)(H4,67,68,70)(H3,69,71,101)/t29-,34+,35+,36+,37+,38-,39+,40+,41+,42+,43+,45+,46-/m1/s1. The Morgan fingerprint density at radius 3 is 1.23 bits per heavy atom. The minimum Gasteiger partial charge on any atom is -0.508 e. The number of primary amides is 2. The minimum atomic E-state index is -1.94. The maximum Gasteiger partial charge on any atom is 0.326 e. The molecule has 0 unspecified atom stereocenters. The van der Waals surface area contributed by atoms with E-state index in [1.54, 1.807) is 0 Å². The molecule has 0 spiro atoms. The molecule has 0 heterocycles. The number of benzene rings is 2. The number of aliphatic carboxylic acids is 1. The number of aliphatic hydroxyl groups excluding tert-OH is 2. The van der Waals surface area contributed by atoms with Gasteiger partial charge in [0.2, 0.25) is 70.9 Å². The van der Waals surface area contributed by atoms with Crippen LogP contribution >= 0.6 is 25.3 Å². The smallest absolute Gasteiger partial charge is 0.326 e. The Morgan fingerprint density at radius 2 is 0.845 bits per heavy atom. The van der Waals surface area contributed by atoms with E-state index in [2.05, 4.69) is 94.4 Å². The van der Waals surface area contributed by atoms with Gasteiger partial charge in [-0.15, -0.1) is 0 Å². The minimum absolute atomic E-state index is 0.0117. The molecule has 103 heavy (non-hydrogen) atoms. The highest BCUT2D eigenvalue weighted by Gasteiger charge is 2.40. The molecule has 0 radical (unpaired) electrons. The van der Waals surface area contributed by atoms with Crippen LogP contribution in [0.2, 0.25) is 0 Å². The monoisotopic (exact) mass is 1490 g/mol. The fourth-order valence-electron chi connectivity index (χ4n) is 9.63. The van der Waals surface area contributed by atoms with Crippen LogP contribution in [0.5, 0.6) is 11.5 Å². The number of phenolic OH excluding ortho intramolecular Hbond substituents is 2. The highest BCUT2D eigenvalue weighted by Crippen LogP contribution is 2.20. The van der Waals surface area contributed by atoms with Crippen LogP contribution in [-0.4, -0.2) is 243 Å². The lowest BCUT2D eigenvalue weighted by Crippen LogP contribution is -2.63. The number of hydrogen-bond donors (Lipinski definition) is 28. The van der Waals surface area contributed by atoms with Crippen LogP contribution in [0.15, 0.2) is 48.5 Å². The van der Waals surface area contributed by atoms with Crippen molar-refractivity contribution < 1.29 is 92.7 Å². The molecule has 42 heteroatoms. The van der Waals surface area contributed by atoms with Gasteiger partial charge in [-0.25, -0.2) is 9.59 Å². The number of nitrogens with one attached hydrogen (secondary N) is 14. The van der Waals surface area contributed by atoms with Gasteiger partial charge in [0.1, 0.15) is 78.0 Å². The SMILES string of the molecule is C[C@@H](O)[C@H](NC(=O)[C@H](CCN)NC(=O)[C@H](CCCNC(=N)N)NC(=O)[C@H](CC(N)=O)NC(=O)[C@@H](NC(=O)[C@@H](N)Cc1ccc(O)cc1)C(C)(C)S)C(=O)N[C@H](CCN)C(=O)N[C@@H](CCCNC(N)=O)C(=O)N[C@@H](CS)C(=O)N[C@@H](CCN)C(=O)N[C@@H](CO)C(=O)N[C@@H](Cc1ccc(O)cc1)C(=O)O. The first kappa shape index (κ1) is 89.2. The quantitative estimate of drug-likeness (QED) is 0.0127. The number of urea groups is 1. The average Bonchev–Trinajstić information content (AvgIpc) is 0.838. The van der Waals surface area contributed by atoms with E-state index in [0.717, 1.165) is 6.92 Å². The van der Waals surface area contributed by atoms with Crippen molar-refractivity contribution in [2.24, 2.45) is 40.1 Å². The summed E-state index contributed by atoms with van der Waals surface area (Å²) in [5, 5.41) is 88.5. The van der Waals surface area contributed by atoms with Crippen LogP contribution in [0.25, 0.3) is 0 Å². The highest BCUT2D eigenvalue weighted by molar-refractivity contribution is 7.81. The molecule has 0 saturated heterocycles. The summed E-state index contributed by atoms with van der Waals surface area (Å²) in [4.78, 5) is 189. The van der Waals surface area contributed by atoms with E-state index in [9.17, 15) is 92.7 Å². The summed E-state index contributed by atoms with van der Waals surface area (Å²) in [7, 11) is 0. The van der Waals surface area contributed by atoms with Gasteiger partial charge in [-0.3, -0.25) is 62.9 Å². The molecule has 574 valence electrons. The zero-order valence-electron chi connectivity index (χ0n) is 57.0. The number of aliphatic hydroxyl groups is 2. The number of thiol groups is 2. The number of nitrogens with two attached hydrogens (primary N) is 7. The topological polar surface area (TPSA) is 703 Å². The second-order valence-corrected chi connectivity index (χ2v) is 25.8. The third kappa shape index (κ3) is 32.8. The fourth-order valence-corrected chi connectivity index (χ4v) is 10.1. The van der Waals surface area contributed by atoms with Crippen molar-refractivity contribution in [1.82, 2.24) is 69.1 Å². The Hall–Kier alpha value is -9.85. The van der Waals surface area contributed by atoms with Crippen molar-refractivity contribution in [3.05, 3.63) is 59.7 Å². The van der Waals surface area contributed by atoms with Crippen molar-refractivity contribution in [2.45, 2.75) is 168 Å². The summed E-state index contributed by atoms with van der Waals surface area (Å²) < 4.78 is -1.37. The number of carboxylic acid groups (broad SMARTS) is 1. The molecule has 0 aliphatic rings. The summed E-state index contributed by atoms with van der Waals surface area (Å²) in [6.07, 6.45) is -4.61. The number of aromatic hydroxyl groups is 2. The number of amides is 14. The lowest BCUT2D eigenvalue weighted by molar-refractivity contribution is -0.142. The normalized spacial score (nSPS) is 14.9. The highest BCUT2D eigenvalue weighted by atomic mass is 32.1. The molecule has 0 aromatic heterocycles. The first-order valence-electron chi connectivity index (χ1n) is 32.4. The van der Waals surface area contributed by atoms with Gasteiger partial charge in [0.05, 0.1) is 25.2 Å². The molecular formula is C61H99N21O19S2. The van der Waals surface area contributed by atoms with Crippen molar-refractivity contribution in [3.63, 3.8) is 0 Å². The number of carboxylic acids is 1. The Kier molecular flexibility index (Phi) is 39.2. The third-order valence-corrected chi connectivity index (χ3v) is 15.8. The number of hydrogen-bond acceptors (Lipinski definition) is 25. The van der Waals surface area contributed by atoms with Crippen LogP contribution in [0.3, 0.4) is 0 Å². The molecule has 2 rings (SSSR count). The molecule has 0 saturated carbocycles. The predicted octanol–water partition coefficient (Wildman–Crippen LogP) is -9.73. The van der Waals surface area contributed by atoms with Gasteiger partial charge in [0.15, 0.2) is 5.96 Å². The van der Waals surface area contributed by atoms with Crippen LogP contribution in [0.1, 0.15) is 83.3 Å². The van der Waals surface area contributed by atoms with Gasteiger partial charge in [0.25, 0.3) is 0 Å². The maximum atomic E-state index is 14.3. The van der Waals surface area contributed by atoms with Crippen LogP contribution < -0.4 is 109 Å². The van der Waals surface area contributed by atoms with Gasteiger partial charge < -0.3 is 135 Å². The molecule has 2 aromatic carbocycles. The van der Waals surface area contributed by atoms with Gasteiger partial charge in [-0.2, -0.15) is 25.3 Å². The molecule has 0 bridgehead atoms. The summed E-state index contributed by atoms with van der Waals surface area (Å²) in [5.74, 6) is -15.6. The van der Waals surface area contributed by atoms with E-state index in [4.69, 9.17) is 45.5 Å². The van der Waals surface area contributed by atoms with E-state index < -0.39 is 191 Å². The molecule has 33 N–H and O–H groups in total. The molecule has 0 fully saturated rings. The van der Waals surface area contributed by atoms with Gasteiger partial charge in [-0.05, 0) is 127 Å². The summed E-state index contributed by atoms with van der Waals surface area (Å²) >= 11 is 8.66. The summed E-state index contributed by atoms with van der Waals surface area (Å²) in [5.41, 5.74) is 40.7. The number of guanidine groups is 1. The first-order valence-corrected chi connectivity index (χ1v) is 33.5. The molecule has 40 nitrogen and oxygen atoms in total. The van der Waals surface area contributed by atoms with Gasteiger partial charge in [-0.1, -0.05) is 24.3 Å². The fraction of sp³-hybridized carbons (Fsp3) is 0.557.